The number of carbonyl (C=O) groups is 1. The Morgan fingerprint density at radius 3 is 1.80 bits per heavy atom. The highest BCUT2D eigenvalue weighted by atomic mass is 31.2. The van der Waals surface area contributed by atoms with E-state index in [4.69, 9.17) is 4.74 Å². The molecule has 1 unspecified atom stereocenters. The maximum Gasteiger partial charge on any atom is 0.338 e. The van der Waals surface area contributed by atoms with Crippen LogP contribution in [0.1, 0.15) is 32.6 Å². The van der Waals surface area contributed by atoms with Crippen molar-refractivity contribution in [2.75, 3.05) is 19.7 Å². The Kier molecular flexibility index (Phi) is 11.1. The third-order valence-corrected chi connectivity index (χ3v) is 11.7. The fourth-order valence-corrected chi connectivity index (χ4v) is 9.61. The van der Waals surface area contributed by atoms with Gasteiger partial charge >= 0.3 is 5.97 Å². The maximum absolute atomic E-state index is 14.1. The largest absolute Gasteiger partial charge is 0.458 e. The molecule has 0 spiro atoms. The highest BCUT2D eigenvalue weighted by molar-refractivity contribution is 7.96. The van der Waals surface area contributed by atoms with Gasteiger partial charge in [0.15, 0.2) is 6.10 Å². The lowest BCUT2D eigenvalue weighted by Gasteiger charge is -2.34. The minimum Gasteiger partial charge on any atom is -0.458 e. The summed E-state index contributed by atoms with van der Waals surface area (Å²) in [5.74, 6) is -0.699. The van der Waals surface area contributed by atoms with Crippen molar-refractivity contribution in [3.63, 3.8) is 0 Å². The number of likely N-dealkylation sites (tertiary alicyclic amines) is 1. The van der Waals surface area contributed by atoms with Crippen LogP contribution >= 0.6 is 6.89 Å². The monoisotopic (exact) mass is 571 g/mol. The summed E-state index contributed by atoms with van der Waals surface area (Å²) in [6, 6.07) is 28.4. The number of hydrogen-bond acceptors (Lipinski definition) is 5. The molecular weight excluding hydrogens is 531 g/mol. The van der Waals surface area contributed by atoms with Gasteiger partial charge in [-0.3, -0.25) is 4.99 Å². The van der Waals surface area contributed by atoms with Crippen molar-refractivity contribution in [2.24, 2.45) is 4.99 Å². The van der Waals surface area contributed by atoms with Gasteiger partial charge in [0.05, 0.1) is 17.7 Å². The van der Waals surface area contributed by atoms with E-state index in [9.17, 15) is 15.0 Å². The number of aliphatic hydroxyl groups is 2. The molecule has 1 aliphatic heterocycles. The number of ether oxygens (including phenoxy) is 1. The average molecular weight is 572 g/mol. The van der Waals surface area contributed by atoms with Crippen LogP contribution in [0.4, 0.5) is 0 Å². The van der Waals surface area contributed by atoms with E-state index in [1.807, 2.05) is 91.0 Å². The predicted molar refractivity (Wildman–Crippen MR) is 170 cm³/mol. The molecular formula is C34H40N2O4P. The van der Waals surface area contributed by atoms with E-state index in [1.165, 1.54) is 18.9 Å². The Balaban J connectivity index is 1.95. The lowest BCUT2D eigenvalue weighted by molar-refractivity contribution is -0.134. The molecule has 3 aromatic carbocycles. The number of aliphatic hydroxyl groups excluding tert-OH is 2. The van der Waals surface area contributed by atoms with Crippen molar-refractivity contribution < 1.29 is 19.7 Å². The smallest absolute Gasteiger partial charge is 0.338 e. The van der Waals surface area contributed by atoms with Crippen LogP contribution in [0.25, 0.3) is 0 Å². The Morgan fingerprint density at radius 1 is 0.902 bits per heavy atom. The molecule has 0 bridgehead atoms. The highest BCUT2D eigenvalue weighted by Gasteiger charge is 2.41. The molecule has 1 aliphatic rings. The summed E-state index contributed by atoms with van der Waals surface area (Å²) in [6.45, 7) is 4.17. The molecule has 0 saturated carbocycles. The second-order valence-corrected chi connectivity index (χ2v) is 13.5. The van der Waals surface area contributed by atoms with Crippen molar-refractivity contribution >= 4 is 40.4 Å². The minimum absolute atomic E-state index is 0.0350. The second-order valence-electron chi connectivity index (χ2n) is 10.2. The summed E-state index contributed by atoms with van der Waals surface area (Å²) >= 11 is 0. The Bertz CT molecular complexity index is 1230. The average Bonchev–Trinajstić information content (AvgIpc) is 3.31. The van der Waals surface area contributed by atoms with Crippen LogP contribution in [-0.2, 0) is 9.53 Å². The van der Waals surface area contributed by atoms with Gasteiger partial charge in [-0.25, -0.2) is 4.79 Å². The standard InChI is InChI=1S/C34H40N2O4P/c1-3-25-40-34(39)33(32(38)31(37)27(2)35-26-36-23-15-4-5-16-24-36)41(28-17-9-6-10-18-28,29-19-11-7-12-20-29)30-21-13-8-14-22-30/h3,6-14,17-22,26-27,31,37-38H,1,4-5,15-16,23-25H2,2H3/t27-,31?/m0/s1. The number of rotatable bonds is 11. The summed E-state index contributed by atoms with van der Waals surface area (Å²) in [6.07, 6.45) is 6.02. The van der Waals surface area contributed by atoms with E-state index >= 15 is 0 Å². The number of aliphatic imine (C=N–C) groups is 1. The molecule has 2 atom stereocenters. The summed E-state index contributed by atoms with van der Waals surface area (Å²) in [4.78, 5) is 20.8. The highest BCUT2D eigenvalue weighted by Crippen LogP contribution is 2.48. The first-order valence-electron chi connectivity index (χ1n) is 14.2. The zero-order valence-corrected chi connectivity index (χ0v) is 24.6. The van der Waals surface area contributed by atoms with Crippen molar-refractivity contribution in [1.82, 2.24) is 4.90 Å². The normalized spacial score (nSPS) is 15.8. The first kappa shape index (κ1) is 30.5. The molecule has 1 saturated heterocycles. The van der Waals surface area contributed by atoms with E-state index in [1.54, 1.807) is 13.3 Å². The zero-order chi connectivity index (χ0) is 29.1. The van der Waals surface area contributed by atoms with Crippen LogP contribution in [0.2, 0.25) is 0 Å². The first-order valence-corrected chi connectivity index (χ1v) is 16.0. The van der Waals surface area contributed by atoms with Crippen molar-refractivity contribution in [2.45, 2.75) is 44.8 Å². The number of benzene rings is 3. The van der Waals surface area contributed by atoms with Crippen LogP contribution in [0, 0.1) is 6.10 Å². The molecule has 7 heteroatoms. The van der Waals surface area contributed by atoms with E-state index in [0.717, 1.165) is 41.8 Å². The predicted octanol–water partition coefficient (Wildman–Crippen LogP) is 4.44. The molecule has 0 aromatic heterocycles. The fourth-order valence-electron chi connectivity index (χ4n) is 5.27. The second kappa shape index (κ2) is 15.0. The van der Waals surface area contributed by atoms with Gasteiger partial charge in [-0.15, -0.1) is 0 Å². The van der Waals surface area contributed by atoms with Gasteiger partial charge in [-0.1, -0.05) is 116 Å². The molecule has 215 valence electrons. The molecule has 4 rings (SSSR count). The van der Waals surface area contributed by atoms with Gasteiger partial charge in [0.25, 0.3) is 0 Å². The van der Waals surface area contributed by atoms with E-state index in [0.29, 0.717) is 0 Å². The number of carbonyl (C=O) groups excluding carboxylic acids is 1. The lowest BCUT2D eigenvalue weighted by atomic mass is 10.0. The third kappa shape index (κ3) is 7.08. The molecule has 1 radical (unpaired) electrons. The molecule has 41 heavy (non-hydrogen) atoms. The summed E-state index contributed by atoms with van der Waals surface area (Å²) in [5.41, 5.74) is 0. The number of nitrogens with zero attached hydrogens (tertiary/aromatic N) is 2. The first-order chi connectivity index (χ1) is 20.0. The lowest BCUT2D eigenvalue weighted by Crippen LogP contribution is -2.43. The van der Waals surface area contributed by atoms with Crippen LogP contribution in [0.5, 0.6) is 0 Å². The van der Waals surface area contributed by atoms with Gasteiger partial charge in [-0.05, 0) is 42.6 Å². The van der Waals surface area contributed by atoms with Gasteiger partial charge in [0.1, 0.15) is 12.7 Å². The maximum atomic E-state index is 14.1. The molecule has 6 nitrogen and oxygen atoms in total. The molecule has 2 N–H and O–H groups in total. The Labute approximate surface area is 244 Å². The van der Waals surface area contributed by atoms with Crippen LogP contribution < -0.4 is 15.9 Å². The quantitative estimate of drug-likeness (QED) is 0.117. The van der Waals surface area contributed by atoms with Crippen LogP contribution in [0.3, 0.4) is 0 Å². The fraction of sp³-hybridized carbons (Fsp3) is 0.294. The van der Waals surface area contributed by atoms with Crippen LogP contribution in [-0.4, -0.2) is 64.6 Å². The van der Waals surface area contributed by atoms with Gasteiger partial charge in [0, 0.05) is 13.1 Å². The Hall–Kier alpha value is -3.44. The number of hydrogen-bond donors (Lipinski definition) is 2. The van der Waals surface area contributed by atoms with Crippen molar-refractivity contribution in [3.05, 3.63) is 110 Å². The van der Waals surface area contributed by atoms with Gasteiger partial charge in [0.2, 0.25) is 0 Å². The summed E-state index contributed by atoms with van der Waals surface area (Å²) < 4.78 is 5.64. The topological polar surface area (TPSA) is 82.4 Å². The molecule has 0 amide bonds. The van der Waals surface area contributed by atoms with Crippen molar-refractivity contribution in [1.29, 1.82) is 0 Å². The van der Waals surface area contributed by atoms with E-state index < -0.39 is 31.1 Å². The third-order valence-electron chi connectivity index (χ3n) is 7.38. The van der Waals surface area contributed by atoms with Crippen molar-refractivity contribution in [3.8, 4) is 0 Å². The SMILES string of the molecule is C=CCOC(=O)C([C](O)C(O)[C@H](C)N=CN1CCCCCC1)=P(c1ccccc1)(c1ccccc1)c1ccccc1. The van der Waals surface area contributed by atoms with Gasteiger partial charge < -0.3 is 19.8 Å². The van der Waals surface area contributed by atoms with E-state index in [-0.39, 0.29) is 11.9 Å². The van der Waals surface area contributed by atoms with Gasteiger partial charge in [-0.2, -0.15) is 0 Å². The summed E-state index contributed by atoms with van der Waals surface area (Å²) in [5, 5.41) is 26.1. The molecule has 3 aromatic rings. The summed E-state index contributed by atoms with van der Waals surface area (Å²) in [7, 11) is 0. The van der Waals surface area contributed by atoms with E-state index in [2.05, 4.69) is 16.5 Å². The zero-order valence-electron chi connectivity index (χ0n) is 23.7. The molecule has 1 fully saturated rings. The molecule has 0 aliphatic carbocycles. The molecule has 1 heterocycles. The minimum atomic E-state index is -3.06. The van der Waals surface area contributed by atoms with Crippen LogP contribution in [0.15, 0.2) is 109 Å². The Morgan fingerprint density at radius 2 is 1.37 bits per heavy atom. The number of esters is 1.